The molecule has 1 unspecified atom stereocenters. The first-order valence-electron chi connectivity index (χ1n) is 7.66. The molecule has 7 nitrogen and oxygen atoms in total. The molecular formula is C16H15F2N3O4. The van der Waals surface area contributed by atoms with Crippen LogP contribution >= 0.6 is 0 Å². The van der Waals surface area contributed by atoms with Crippen molar-refractivity contribution in [3.8, 4) is 0 Å². The second-order valence-corrected chi connectivity index (χ2v) is 5.64. The third kappa shape index (κ3) is 3.66. The number of aromatic nitrogens is 2. The van der Waals surface area contributed by atoms with Gasteiger partial charge < -0.3 is 15.0 Å². The Bertz CT molecular complexity index is 916. The van der Waals surface area contributed by atoms with Gasteiger partial charge in [0.2, 0.25) is 0 Å². The molecule has 1 aromatic carbocycles. The van der Waals surface area contributed by atoms with Gasteiger partial charge in [-0.05, 0) is 25.0 Å². The molecule has 3 rings (SSSR count). The van der Waals surface area contributed by atoms with Crippen LogP contribution < -0.4 is 16.6 Å². The maximum Gasteiger partial charge on any atom is 0.328 e. The number of ether oxygens (including phenoxy) is 1. The lowest BCUT2D eigenvalue weighted by Gasteiger charge is -2.12. The monoisotopic (exact) mass is 351 g/mol. The zero-order valence-corrected chi connectivity index (χ0v) is 13.1. The standard InChI is InChI=1S/C16H15F2N3O4/c17-12-4-3-9(6-13(12)18)20-14(22)11-7-19-16(24)21(15(11)23)8-10-2-1-5-25-10/h3-4,6-7,10H,1-2,5,8H2,(H,19,24)(H,20,22). The second-order valence-electron chi connectivity index (χ2n) is 5.64. The third-order valence-electron chi connectivity index (χ3n) is 3.89. The summed E-state index contributed by atoms with van der Waals surface area (Å²) in [6, 6.07) is 2.81. The number of anilines is 1. The number of rotatable bonds is 4. The quantitative estimate of drug-likeness (QED) is 0.867. The van der Waals surface area contributed by atoms with Gasteiger partial charge in [-0.2, -0.15) is 0 Å². The summed E-state index contributed by atoms with van der Waals surface area (Å²) < 4.78 is 32.4. The van der Waals surface area contributed by atoms with E-state index in [9.17, 15) is 23.2 Å². The number of carbonyl (C=O) groups excluding carboxylic acids is 1. The topological polar surface area (TPSA) is 93.2 Å². The third-order valence-corrected chi connectivity index (χ3v) is 3.89. The van der Waals surface area contributed by atoms with Crippen LogP contribution in [0.5, 0.6) is 0 Å². The summed E-state index contributed by atoms with van der Waals surface area (Å²) in [6.07, 6.45) is 2.29. The van der Waals surface area contributed by atoms with Crippen molar-refractivity contribution in [3.63, 3.8) is 0 Å². The van der Waals surface area contributed by atoms with Crippen molar-refractivity contribution in [2.75, 3.05) is 11.9 Å². The molecule has 0 radical (unpaired) electrons. The van der Waals surface area contributed by atoms with Crippen molar-refractivity contribution in [1.82, 2.24) is 9.55 Å². The fourth-order valence-electron chi connectivity index (χ4n) is 2.60. The molecule has 2 N–H and O–H groups in total. The van der Waals surface area contributed by atoms with Crippen LogP contribution in [0.15, 0.2) is 34.0 Å². The summed E-state index contributed by atoms with van der Waals surface area (Å²) in [7, 11) is 0. The van der Waals surface area contributed by atoms with Gasteiger partial charge in [0.15, 0.2) is 11.6 Å². The number of nitrogens with zero attached hydrogens (tertiary/aromatic N) is 1. The zero-order chi connectivity index (χ0) is 18.0. The Labute approximate surface area is 140 Å². The van der Waals surface area contributed by atoms with Gasteiger partial charge in [0.25, 0.3) is 11.5 Å². The number of H-pyrrole nitrogens is 1. The van der Waals surface area contributed by atoms with Crippen molar-refractivity contribution in [3.05, 3.63) is 62.4 Å². The molecule has 1 saturated heterocycles. The van der Waals surface area contributed by atoms with E-state index in [1.807, 2.05) is 0 Å². The number of hydrogen-bond acceptors (Lipinski definition) is 4. The molecule has 1 aliphatic heterocycles. The van der Waals surface area contributed by atoms with E-state index in [0.29, 0.717) is 6.61 Å². The van der Waals surface area contributed by atoms with Crippen LogP contribution in [0.1, 0.15) is 23.2 Å². The molecule has 0 spiro atoms. The molecule has 1 amide bonds. The largest absolute Gasteiger partial charge is 0.376 e. The average molecular weight is 351 g/mol. The molecule has 9 heteroatoms. The lowest BCUT2D eigenvalue weighted by atomic mass is 10.2. The average Bonchev–Trinajstić information content (AvgIpc) is 3.08. The number of carbonyl (C=O) groups is 1. The first-order chi connectivity index (χ1) is 12.0. The van der Waals surface area contributed by atoms with Gasteiger partial charge >= 0.3 is 5.69 Å². The van der Waals surface area contributed by atoms with Gasteiger partial charge in [-0.3, -0.25) is 14.2 Å². The fourth-order valence-corrected chi connectivity index (χ4v) is 2.60. The lowest BCUT2D eigenvalue weighted by Crippen LogP contribution is -2.41. The van der Waals surface area contributed by atoms with Crippen LogP contribution in [-0.4, -0.2) is 28.2 Å². The fraction of sp³-hybridized carbons (Fsp3) is 0.312. The Kier molecular flexibility index (Phi) is 4.75. The van der Waals surface area contributed by atoms with Crippen LogP contribution in [-0.2, 0) is 11.3 Å². The minimum atomic E-state index is -1.13. The Morgan fingerprint density at radius 2 is 2.12 bits per heavy atom. The van der Waals surface area contributed by atoms with Crippen LogP contribution in [0.25, 0.3) is 0 Å². The van der Waals surface area contributed by atoms with Crippen LogP contribution in [0.4, 0.5) is 14.5 Å². The number of aromatic amines is 1. The Morgan fingerprint density at radius 3 is 2.80 bits per heavy atom. The first-order valence-corrected chi connectivity index (χ1v) is 7.66. The van der Waals surface area contributed by atoms with E-state index in [1.165, 1.54) is 0 Å². The molecule has 1 atom stereocenters. The lowest BCUT2D eigenvalue weighted by molar-refractivity contribution is 0.0941. The van der Waals surface area contributed by atoms with Gasteiger partial charge in [-0.1, -0.05) is 0 Å². The summed E-state index contributed by atoms with van der Waals surface area (Å²) in [4.78, 5) is 38.9. The smallest absolute Gasteiger partial charge is 0.328 e. The number of benzene rings is 1. The predicted molar refractivity (Wildman–Crippen MR) is 84.6 cm³/mol. The summed E-state index contributed by atoms with van der Waals surface area (Å²) in [5.74, 6) is -3.02. The summed E-state index contributed by atoms with van der Waals surface area (Å²) >= 11 is 0. The molecule has 132 valence electrons. The van der Waals surface area contributed by atoms with Crippen molar-refractivity contribution in [1.29, 1.82) is 0 Å². The highest BCUT2D eigenvalue weighted by Gasteiger charge is 2.21. The maximum absolute atomic E-state index is 13.2. The van der Waals surface area contributed by atoms with Crippen molar-refractivity contribution in [2.24, 2.45) is 0 Å². The highest BCUT2D eigenvalue weighted by molar-refractivity contribution is 6.03. The molecule has 1 aromatic heterocycles. The van der Waals surface area contributed by atoms with Gasteiger partial charge in [0, 0.05) is 24.6 Å². The van der Waals surface area contributed by atoms with E-state index < -0.39 is 28.8 Å². The Hall–Kier alpha value is -2.81. The predicted octanol–water partition coefficient (Wildman–Crippen LogP) is 1.25. The normalized spacial score (nSPS) is 16.8. The molecular weight excluding hydrogens is 336 g/mol. The molecule has 25 heavy (non-hydrogen) atoms. The summed E-state index contributed by atoms with van der Waals surface area (Å²) in [5.41, 5.74) is -1.76. The first kappa shape index (κ1) is 17.0. The van der Waals surface area contributed by atoms with Crippen LogP contribution in [0.2, 0.25) is 0 Å². The van der Waals surface area contributed by atoms with Gasteiger partial charge in [0.1, 0.15) is 5.56 Å². The van der Waals surface area contributed by atoms with E-state index in [4.69, 9.17) is 4.74 Å². The molecule has 0 aliphatic carbocycles. The molecule has 0 bridgehead atoms. The molecule has 1 aliphatic rings. The minimum Gasteiger partial charge on any atom is -0.376 e. The summed E-state index contributed by atoms with van der Waals surface area (Å²) in [6.45, 7) is 0.605. The van der Waals surface area contributed by atoms with Crippen molar-refractivity contribution < 1.29 is 18.3 Å². The molecule has 0 saturated carbocycles. The van der Waals surface area contributed by atoms with Crippen LogP contribution in [0.3, 0.4) is 0 Å². The van der Waals surface area contributed by atoms with E-state index >= 15 is 0 Å². The van der Waals surface area contributed by atoms with Crippen LogP contribution in [0, 0.1) is 11.6 Å². The van der Waals surface area contributed by atoms with Crippen molar-refractivity contribution in [2.45, 2.75) is 25.5 Å². The number of hydrogen-bond donors (Lipinski definition) is 2. The maximum atomic E-state index is 13.2. The van der Waals surface area contributed by atoms with E-state index in [0.717, 1.165) is 41.8 Å². The zero-order valence-electron chi connectivity index (χ0n) is 13.1. The molecule has 2 heterocycles. The SMILES string of the molecule is O=C(Nc1ccc(F)c(F)c1)c1c[nH]c(=O)n(CC2CCCO2)c1=O. The summed E-state index contributed by atoms with van der Waals surface area (Å²) in [5, 5.41) is 2.30. The van der Waals surface area contributed by atoms with E-state index in [1.54, 1.807) is 0 Å². The highest BCUT2D eigenvalue weighted by atomic mass is 19.2. The van der Waals surface area contributed by atoms with Gasteiger partial charge in [0.05, 0.1) is 12.6 Å². The number of nitrogens with one attached hydrogen (secondary N) is 2. The van der Waals surface area contributed by atoms with Crippen molar-refractivity contribution >= 4 is 11.6 Å². The Balaban J connectivity index is 1.86. The number of halogens is 2. The number of amides is 1. The molecule has 1 fully saturated rings. The highest BCUT2D eigenvalue weighted by Crippen LogP contribution is 2.14. The van der Waals surface area contributed by atoms with Gasteiger partial charge in [-0.25, -0.2) is 13.6 Å². The Morgan fingerprint density at radius 1 is 1.32 bits per heavy atom. The van der Waals surface area contributed by atoms with E-state index in [2.05, 4.69) is 10.3 Å². The molecule has 2 aromatic rings. The minimum absolute atomic E-state index is 0.0137. The van der Waals surface area contributed by atoms with E-state index in [-0.39, 0.29) is 23.9 Å². The van der Waals surface area contributed by atoms with Gasteiger partial charge in [-0.15, -0.1) is 0 Å². The second kappa shape index (κ2) is 6.98.